The van der Waals surface area contributed by atoms with Gasteiger partial charge in [-0.15, -0.1) is 0 Å². The van der Waals surface area contributed by atoms with Crippen LogP contribution in [0, 0.1) is 12.3 Å². The van der Waals surface area contributed by atoms with E-state index in [2.05, 4.69) is 15.0 Å². The first-order valence-electron chi connectivity index (χ1n) is 13.3. The largest absolute Gasteiger partial charge is 0.477 e. The number of ether oxygens (including phenoxy) is 2. The number of aryl methyl sites for hydroxylation is 1. The maximum absolute atomic E-state index is 13.5. The van der Waals surface area contributed by atoms with Crippen LogP contribution in [0.2, 0.25) is 5.02 Å². The summed E-state index contributed by atoms with van der Waals surface area (Å²) in [5.74, 6) is 2.05. The summed E-state index contributed by atoms with van der Waals surface area (Å²) < 4.78 is 13.7. The Morgan fingerprint density at radius 3 is 2.55 bits per heavy atom. The van der Waals surface area contributed by atoms with Gasteiger partial charge in [0.05, 0.1) is 17.3 Å². The fourth-order valence-electron chi connectivity index (χ4n) is 5.90. The van der Waals surface area contributed by atoms with Gasteiger partial charge in [0, 0.05) is 35.8 Å². The molecule has 0 atom stereocenters. The first-order valence-corrected chi connectivity index (χ1v) is 13.6. The number of rotatable bonds is 8. The zero-order chi connectivity index (χ0) is 26.3. The molecule has 2 bridgehead atoms. The molecule has 9 nitrogen and oxygen atoms in total. The third-order valence-corrected chi connectivity index (χ3v) is 8.54. The molecular formula is C28H31ClN6O3. The van der Waals surface area contributed by atoms with Gasteiger partial charge in [0.15, 0.2) is 16.9 Å². The van der Waals surface area contributed by atoms with E-state index in [1.54, 1.807) is 29.1 Å². The van der Waals surface area contributed by atoms with Gasteiger partial charge in [-0.05, 0) is 70.1 Å². The molecule has 7 rings (SSSR count). The quantitative estimate of drug-likeness (QED) is 0.307. The molecule has 1 N–H and O–H groups in total. The van der Waals surface area contributed by atoms with Gasteiger partial charge in [0.2, 0.25) is 5.88 Å². The van der Waals surface area contributed by atoms with Crippen molar-refractivity contribution in [3.63, 3.8) is 0 Å². The van der Waals surface area contributed by atoms with Crippen molar-refractivity contribution in [2.24, 2.45) is 5.41 Å². The van der Waals surface area contributed by atoms with E-state index in [1.807, 2.05) is 26.0 Å². The first kappa shape index (κ1) is 24.9. The first-order chi connectivity index (χ1) is 18.4. The van der Waals surface area contributed by atoms with Crippen LogP contribution in [-0.4, -0.2) is 36.1 Å². The van der Waals surface area contributed by atoms with Crippen molar-refractivity contribution in [3.8, 4) is 17.6 Å². The number of aromatic nitrogens is 6. The summed E-state index contributed by atoms with van der Waals surface area (Å²) in [5.41, 5.74) is 1.48. The number of nitrogens with zero attached hydrogens (tertiary/aromatic N) is 5. The maximum Gasteiger partial charge on any atom is 0.307 e. The van der Waals surface area contributed by atoms with E-state index in [4.69, 9.17) is 31.0 Å². The lowest BCUT2D eigenvalue weighted by Gasteiger charge is -2.52. The van der Waals surface area contributed by atoms with Gasteiger partial charge in [-0.1, -0.05) is 18.5 Å². The monoisotopic (exact) mass is 534 g/mol. The summed E-state index contributed by atoms with van der Waals surface area (Å²) in [7, 11) is 0. The molecule has 0 amide bonds. The van der Waals surface area contributed by atoms with Crippen molar-refractivity contribution in [2.45, 2.75) is 70.8 Å². The predicted octanol–water partition coefficient (Wildman–Crippen LogP) is 5.74. The summed E-state index contributed by atoms with van der Waals surface area (Å²) in [6.07, 6.45) is 10.2. The van der Waals surface area contributed by atoms with Crippen LogP contribution in [0.5, 0.6) is 17.6 Å². The average Bonchev–Trinajstić information content (AvgIpc) is 3.38. The molecule has 0 unspecified atom stereocenters. The fourth-order valence-corrected chi connectivity index (χ4v) is 6.01. The van der Waals surface area contributed by atoms with E-state index < -0.39 is 0 Å². The number of fused-ring (bicyclic) bond motifs is 4. The van der Waals surface area contributed by atoms with Crippen LogP contribution in [0.4, 0.5) is 0 Å². The molecule has 10 heteroatoms. The lowest BCUT2D eigenvalue weighted by molar-refractivity contribution is -0.00257. The van der Waals surface area contributed by atoms with Crippen molar-refractivity contribution in [1.82, 2.24) is 29.5 Å². The van der Waals surface area contributed by atoms with Gasteiger partial charge >= 0.3 is 6.01 Å². The smallest absolute Gasteiger partial charge is 0.307 e. The molecule has 4 aromatic rings. The second-order valence-corrected chi connectivity index (χ2v) is 11.1. The van der Waals surface area contributed by atoms with E-state index in [0.717, 1.165) is 56.5 Å². The van der Waals surface area contributed by atoms with Gasteiger partial charge in [0.1, 0.15) is 5.82 Å². The standard InChI is InChI=1S/C28H31ClN6O3/c1-3-15-35-24(36)22-23(34-26(35)38-20-5-4-14-30-18(20)2)33-25(32-22)28-11-8-27(9-12-28,10-13-28)17-37-21-7-6-19(29)16-31-21/h4-7,14,16H,3,8-13,15,17H2,1-2H3,(H,32,33). The zero-order valence-electron chi connectivity index (χ0n) is 21.7. The van der Waals surface area contributed by atoms with E-state index in [-0.39, 0.29) is 22.4 Å². The van der Waals surface area contributed by atoms with Gasteiger partial charge < -0.3 is 14.5 Å². The van der Waals surface area contributed by atoms with Crippen molar-refractivity contribution < 1.29 is 9.47 Å². The van der Waals surface area contributed by atoms with E-state index in [1.165, 1.54) is 0 Å². The highest BCUT2D eigenvalue weighted by Gasteiger charge is 2.51. The topological polar surface area (TPSA) is 108 Å². The number of hydrogen-bond acceptors (Lipinski definition) is 7. The Balaban J connectivity index is 1.25. The molecular weight excluding hydrogens is 504 g/mol. The van der Waals surface area contributed by atoms with E-state index in [0.29, 0.717) is 41.0 Å². The van der Waals surface area contributed by atoms with Crippen LogP contribution in [0.1, 0.15) is 63.4 Å². The van der Waals surface area contributed by atoms with Crippen LogP contribution >= 0.6 is 11.6 Å². The molecule has 38 heavy (non-hydrogen) atoms. The molecule has 0 spiro atoms. The molecule has 3 saturated carbocycles. The van der Waals surface area contributed by atoms with Crippen LogP contribution in [-0.2, 0) is 12.0 Å². The van der Waals surface area contributed by atoms with Gasteiger partial charge in [-0.3, -0.25) is 14.3 Å². The van der Waals surface area contributed by atoms with Crippen LogP contribution in [0.3, 0.4) is 0 Å². The normalized spacial score (nSPS) is 22.6. The Kier molecular flexibility index (Phi) is 6.34. The average molecular weight is 535 g/mol. The fraction of sp³-hybridized carbons (Fsp3) is 0.464. The number of aromatic amines is 1. The third-order valence-electron chi connectivity index (χ3n) is 8.31. The number of hydrogen-bond donors (Lipinski definition) is 1. The molecule has 3 aliphatic carbocycles. The number of pyridine rings is 2. The minimum absolute atomic E-state index is 0.0794. The molecule has 0 aromatic carbocycles. The highest BCUT2D eigenvalue weighted by atomic mass is 35.5. The minimum Gasteiger partial charge on any atom is -0.477 e. The molecule has 0 radical (unpaired) electrons. The Morgan fingerprint density at radius 1 is 1.08 bits per heavy atom. The van der Waals surface area contributed by atoms with Crippen molar-refractivity contribution in [3.05, 3.63) is 63.6 Å². The van der Waals surface area contributed by atoms with Crippen LogP contribution in [0.15, 0.2) is 41.5 Å². The number of H-pyrrole nitrogens is 1. The summed E-state index contributed by atoms with van der Waals surface area (Å²) in [6, 6.07) is 7.49. The highest BCUT2D eigenvalue weighted by molar-refractivity contribution is 6.30. The number of halogens is 1. The summed E-state index contributed by atoms with van der Waals surface area (Å²) in [6.45, 7) is 5.04. The van der Waals surface area contributed by atoms with E-state index in [9.17, 15) is 4.79 Å². The third kappa shape index (κ3) is 4.42. The molecule has 0 aliphatic heterocycles. The Labute approximate surface area is 225 Å². The molecule has 3 fully saturated rings. The Hall–Kier alpha value is -3.46. The van der Waals surface area contributed by atoms with E-state index >= 15 is 0 Å². The summed E-state index contributed by atoms with van der Waals surface area (Å²) >= 11 is 5.95. The van der Waals surface area contributed by atoms with Gasteiger partial charge in [0.25, 0.3) is 5.56 Å². The lowest BCUT2D eigenvalue weighted by atomic mass is 9.53. The summed E-state index contributed by atoms with van der Waals surface area (Å²) in [5, 5.41) is 0.600. The highest BCUT2D eigenvalue weighted by Crippen LogP contribution is 2.57. The molecule has 0 saturated heterocycles. The zero-order valence-corrected chi connectivity index (χ0v) is 22.4. The van der Waals surface area contributed by atoms with Crippen molar-refractivity contribution >= 4 is 22.8 Å². The Bertz CT molecular complexity index is 1510. The summed E-state index contributed by atoms with van der Waals surface area (Å²) in [4.78, 5) is 35.1. The van der Waals surface area contributed by atoms with Crippen molar-refractivity contribution in [1.29, 1.82) is 0 Å². The number of nitrogens with one attached hydrogen (secondary N) is 1. The van der Waals surface area contributed by atoms with Gasteiger partial charge in [-0.2, -0.15) is 4.98 Å². The SMILES string of the molecule is CCCn1c(Oc2cccnc2C)nc2nc(C34CCC(COc5ccc(Cl)cn5)(CC3)CC4)[nH]c2c1=O. The number of imidazole rings is 1. The lowest BCUT2D eigenvalue weighted by Crippen LogP contribution is -2.47. The van der Waals surface area contributed by atoms with Crippen LogP contribution in [0.25, 0.3) is 11.2 Å². The second kappa shape index (κ2) is 9.69. The Morgan fingerprint density at radius 2 is 1.87 bits per heavy atom. The maximum atomic E-state index is 13.5. The van der Waals surface area contributed by atoms with Crippen LogP contribution < -0.4 is 15.0 Å². The van der Waals surface area contributed by atoms with Crippen molar-refractivity contribution in [2.75, 3.05) is 6.61 Å². The molecule has 3 aliphatic rings. The minimum atomic E-state index is -0.159. The van der Waals surface area contributed by atoms with Gasteiger partial charge in [-0.25, -0.2) is 9.97 Å². The molecule has 198 valence electrons. The second-order valence-electron chi connectivity index (χ2n) is 10.7. The molecule has 4 heterocycles. The molecule has 4 aromatic heterocycles. The predicted molar refractivity (Wildman–Crippen MR) is 144 cm³/mol.